The van der Waals surface area contributed by atoms with E-state index in [1.54, 1.807) is 4.90 Å². The first kappa shape index (κ1) is 18.4. The average molecular weight is 375 g/mol. The maximum atomic E-state index is 12.7. The number of likely N-dealkylation sites (tertiary alicyclic amines) is 2. The lowest BCUT2D eigenvalue weighted by molar-refractivity contribution is -0.141. The number of aromatic nitrogens is 2. The molecule has 2 bridgehead atoms. The molecule has 3 saturated heterocycles. The van der Waals surface area contributed by atoms with E-state index in [-0.39, 0.29) is 30.2 Å². The molecule has 27 heavy (non-hydrogen) atoms. The van der Waals surface area contributed by atoms with E-state index in [0.29, 0.717) is 44.0 Å². The van der Waals surface area contributed by atoms with Crippen LogP contribution in [-0.2, 0) is 9.59 Å². The van der Waals surface area contributed by atoms with E-state index in [0.717, 1.165) is 31.5 Å². The molecule has 3 aliphatic rings. The first-order chi connectivity index (χ1) is 13.0. The van der Waals surface area contributed by atoms with Gasteiger partial charge in [-0.2, -0.15) is 4.98 Å². The smallest absolute Gasteiger partial charge is 0.242 e. The van der Waals surface area contributed by atoms with Gasteiger partial charge in [-0.15, -0.1) is 0 Å². The minimum Gasteiger partial charge on any atom is -0.341 e. The van der Waals surface area contributed by atoms with Crippen molar-refractivity contribution in [3.8, 4) is 0 Å². The molecular formula is C19H29N5O3. The Kier molecular flexibility index (Phi) is 5.16. The topological polar surface area (TPSA) is 91.6 Å². The number of fused-ring (bicyclic) bond motifs is 2. The molecule has 2 amide bonds. The minimum atomic E-state index is 0.0490. The fraction of sp³-hybridized carbons (Fsp3) is 0.789. The van der Waals surface area contributed by atoms with E-state index in [2.05, 4.69) is 15.5 Å². The standard InChI is InChI=1S/C19H29N5O3/c1-12(2)18-21-19(27-22-18)13-5-7-23(8-6-13)17(26)11-24-10-15-4-3-14(20-15)9-16(24)25/h12-15,20H,3-11H2,1-2H3/t14-,15+/m1/s1. The first-order valence-electron chi connectivity index (χ1n) is 10.1. The highest BCUT2D eigenvalue weighted by molar-refractivity contribution is 5.85. The summed E-state index contributed by atoms with van der Waals surface area (Å²) in [6.45, 7) is 6.29. The number of hydrogen-bond donors (Lipinski definition) is 1. The Morgan fingerprint density at radius 1 is 1.22 bits per heavy atom. The van der Waals surface area contributed by atoms with Crippen LogP contribution in [-0.4, -0.2) is 70.0 Å². The van der Waals surface area contributed by atoms with Crippen LogP contribution in [0.1, 0.15) is 69.5 Å². The molecule has 0 aliphatic carbocycles. The van der Waals surface area contributed by atoms with Gasteiger partial charge < -0.3 is 19.6 Å². The molecule has 1 N–H and O–H groups in total. The van der Waals surface area contributed by atoms with Crippen molar-refractivity contribution >= 4 is 11.8 Å². The molecule has 3 aliphatic heterocycles. The predicted octanol–water partition coefficient (Wildman–Crippen LogP) is 1.25. The third kappa shape index (κ3) is 4.00. The molecule has 0 radical (unpaired) electrons. The number of nitrogens with zero attached hydrogens (tertiary/aromatic N) is 4. The average Bonchev–Trinajstić information content (AvgIpc) is 3.27. The quantitative estimate of drug-likeness (QED) is 0.852. The lowest BCUT2D eigenvalue weighted by atomic mass is 9.96. The van der Waals surface area contributed by atoms with Gasteiger partial charge in [0.2, 0.25) is 17.7 Å². The van der Waals surface area contributed by atoms with Gasteiger partial charge in [0.15, 0.2) is 5.82 Å². The van der Waals surface area contributed by atoms with E-state index in [9.17, 15) is 9.59 Å². The van der Waals surface area contributed by atoms with Gasteiger partial charge in [-0.05, 0) is 25.7 Å². The van der Waals surface area contributed by atoms with Gasteiger partial charge >= 0.3 is 0 Å². The first-order valence-corrected chi connectivity index (χ1v) is 10.1. The van der Waals surface area contributed by atoms with Crippen LogP contribution in [0.5, 0.6) is 0 Å². The largest absolute Gasteiger partial charge is 0.341 e. The van der Waals surface area contributed by atoms with Crippen LogP contribution in [0.3, 0.4) is 0 Å². The maximum Gasteiger partial charge on any atom is 0.242 e. The molecule has 0 unspecified atom stereocenters. The van der Waals surface area contributed by atoms with Crippen LogP contribution in [0, 0.1) is 0 Å². The van der Waals surface area contributed by atoms with Crippen molar-refractivity contribution in [2.75, 3.05) is 26.2 Å². The molecule has 0 saturated carbocycles. The Hall–Kier alpha value is -1.96. The van der Waals surface area contributed by atoms with Crippen LogP contribution in [0.2, 0.25) is 0 Å². The molecule has 2 atom stereocenters. The van der Waals surface area contributed by atoms with E-state index < -0.39 is 0 Å². The summed E-state index contributed by atoms with van der Waals surface area (Å²) < 4.78 is 5.41. The Labute approximate surface area is 159 Å². The molecule has 3 fully saturated rings. The van der Waals surface area contributed by atoms with Gasteiger partial charge in [0.05, 0.1) is 6.54 Å². The molecule has 4 heterocycles. The second-order valence-corrected chi connectivity index (χ2v) is 8.42. The van der Waals surface area contributed by atoms with E-state index >= 15 is 0 Å². The zero-order valence-corrected chi connectivity index (χ0v) is 16.2. The highest BCUT2D eigenvalue weighted by atomic mass is 16.5. The summed E-state index contributed by atoms with van der Waals surface area (Å²) in [7, 11) is 0. The van der Waals surface area contributed by atoms with E-state index in [1.165, 1.54) is 0 Å². The fourth-order valence-corrected chi connectivity index (χ4v) is 4.35. The van der Waals surface area contributed by atoms with Crippen molar-refractivity contribution < 1.29 is 14.1 Å². The SMILES string of the molecule is CC(C)c1noc(C2CCN(C(=O)CN3C[C@@H]4CC[C@H](CC3=O)N4)CC2)n1. The Morgan fingerprint density at radius 2 is 1.96 bits per heavy atom. The molecule has 4 rings (SSSR count). The molecule has 148 valence electrons. The van der Waals surface area contributed by atoms with Crippen molar-refractivity contribution in [3.05, 3.63) is 11.7 Å². The number of nitrogens with one attached hydrogen (secondary N) is 1. The van der Waals surface area contributed by atoms with Crippen LogP contribution < -0.4 is 5.32 Å². The monoisotopic (exact) mass is 375 g/mol. The van der Waals surface area contributed by atoms with Crippen molar-refractivity contribution in [1.82, 2.24) is 25.3 Å². The van der Waals surface area contributed by atoms with Crippen molar-refractivity contribution in [2.45, 2.75) is 69.9 Å². The van der Waals surface area contributed by atoms with Crippen molar-refractivity contribution in [2.24, 2.45) is 0 Å². The third-order valence-corrected chi connectivity index (χ3v) is 6.05. The van der Waals surface area contributed by atoms with Crippen molar-refractivity contribution in [3.63, 3.8) is 0 Å². The fourth-order valence-electron chi connectivity index (χ4n) is 4.35. The normalized spacial score (nSPS) is 26.7. The molecule has 1 aromatic heterocycles. The Bertz CT molecular complexity index is 695. The molecule has 0 aromatic carbocycles. The zero-order valence-electron chi connectivity index (χ0n) is 16.2. The Morgan fingerprint density at radius 3 is 2.67 bits per heavy atom. The molecule has 1 aromatic rings. The van der Waals surface area contributed by atoms with E-state index in [1.807, 2.05) is 18.7 Å². The second kappa shape index (κ2) is 7.58. The highest BCUT2D eigenvalue weighted by Gasteiger charge is 2.35. The van der Waals surface area contributed by atoms with Gasteiger partial charge in [-0.3, -0.25) is 9.59 Å². The van der Waals surface area contributed by atoms with Gasteiger partial charge in [0, 0.05) is 50.0 Å². The number of carbonyl (C=O) groups is 2. The summed E-state index contributed by atoms with van der Waals surface area (Å²) in [5.74, 6) is 2.05. The number of rotatable bonds is 4. The van der Waals surface area contributed by atoms with Gasteiger partial charge in [-0.25, -0.2) is 0 Å². The number of hydrogen-bond acceptors (Lipinski definition) is 6. The number of piperidine rings is 1. The number of carbonyl (C=O) groups excluding carboxylic acids is 2. The number of amides is 2. The van der Waals surface area contributed by atoms with Gasteiger partial charge in [0.25, 0.3) is 0 Å². The van der Waals surface area contributed by atoms with Gasteiger partial charge in [0.1, 0.15) is 0 Å². The third-order valence-electron chi connectivity index (χ3n) is 6.05. The second-order valence-electron chi connectivity index (χ2n) is 8.42. The summed E-state index contributed by atoms with van der Waals surface area (Å²) in [4.78, 5) is 33.3. The summed E-state index contributed by atoms with van der Waals surface area (Å²) in [5.41, 5.74) is 0. The summed E-state index contributed by atoms with van der Waals surface area (Å²) in [6, 6.07) is 0.635. The minimum absolute atomic E-state index is 0.0490. The molecule has 8 heteroatoms. The van der Waals surface area contributed by atoms with Crippen LogP contribution in [0.25, 0.3) is 0 Å². The molecule has 0 spiro atoms. The lowest BCUT2D eigenvalue weighted by Gasteiger charge is -2.32. The van der Waals surface area contributed by atoms with E-state index in [4.69, 9.17) is 4.52 Å². The van der Waals surface area contributed by atoms with Gasteiger partial charge in [-0.1, -0.05) is 19.0 Å². The van der Waals surface area contributed by atoms with Crippen LogP contribution in [0.15, 0.2) is 4.52 Å². The van der Waals surface area contributed by atoms with Crippen molar-refractivity contribution in [1.29, 1.82) is 0 Å². The highest BCUT2D eigenvalue weighted by Crippen LogP contribution is 2.28. The predicted molar refractivity (Wildman–Crippen MR) is 98.1 cm³/mol. The van der Waals surface area contributed by atoms with Crippen LogP contribution in [0.4, 0.5) is 0 Å². The molecule has 8 nitrogen and oxygen atoms in total. The lowest BCUT2D eigenvalue weighted by Crippen LogP contribution is -2.47. The van der Waals surface area contributed by atoms with Crippen LogP contribution >= 0.6 is 0 Å². The Balaban J connectivity index is 1.30. The zero-order chi connectivity index (χ0) is 19.0. The summed E-state index contributed by atoms with van der Waals surface area (Å²) in [5, 5.41) is 7.53. The molecular weight excluding hydrogens is 346 g/mol. The summed E-state index contributed by atoms with van der Waals surface area (Å²) in [6.07, 6.45) is 4.33. The maximum absolute atomic E-state index is 12.7. The summed E-state index contributed by atoms with van der Waals surface area (Å²) >= 11 is 0.